The van der Waals surface area contributed by atoms with Gasteiger partial charge in [-0.2, -0.15) is 0 Å². The smallest absolute Gasteiger partial charge is 0.00257 e. The zero-order chi connectivity index (χ0) is 9.38. The van der Waals surface area contributed by atoms with Crippen molar-refractivity contribution in [2.45, 2.75) is 25.7 Å². The first-order chi connectivity index (χ1) is 6.92. The Morgan fingerprint density at radius 3 is 2.29 bits per heavy atom. The van der Waals surface area contributed by atoms with Gasteiger partial charge in [0.2, 0.25) is 0 Å². The molecule has 2 aliphatic heterocycles. The van der Waals surface area contributed by atoms with Crippen LogP contribution in [0.25, 0.3) is 0 Å². The maximum atomic E-state index is 3.51. The molecule has 0 spiro atoms. The summed E-state index contributed by atoms with van der Waals surface area (Å²) in [5.74, 6) is 3.01. The normalized spacial score (nSPS) is 39.4. The van der Waals surface area contributed by atoms with Crippen LogP contribution >= 0.6 is 0 Å². The van der Waals surface area contributed by atoms with Crippen molar-refractivity contribution in [1.82, 2.24) is 10.2 Å². The zero-order valence-electron chi connectivity index (χ0n) is 9.04. The number of hydrogen-bond acceptors (Lipinski definition) is 2. The molecule has 1 aliphatic carbocycles. The Kier molecular flexibility index (Phi) is 2.50. The summed E-state index contributed by atoms with van der Waals surface area (Å²) < 4.78 is 0. The molecule has 0 aromatic rings. The van der Waals surface area contributed by atoms with Crippen molar-refractivity contribution in [3.05, 3.63) is 0 Å². The number of hydrogen-bond donors (Lipinski definition) is 1. The number of rotatable bonds is 2. The molecular formula is C12H22N2. The molecule has 0 aromatic heterocycles. The highest BCUT2D eigenvalue weighted by atomic mass is 15.2. The van der Waals surface area contributed by atoms with E-state index in [1.54, 1.807) is 0 Å². The number of likely N-dealkylation sites (tertiary alicyclic amines) is 1. The van der Waals surface area contributed by atoms with Crippen LogP contribution in [0, 0.1) is 17.8 Å². The van der Waals surface area contributed by atoms with Gasteiger partial charge in [0.15, 0.2) is 0 Å². The van der Waals surface area contributed by atoms with Crippen molar-refractivity contribution in [3.8, 4) is 0 Å². The van der Waals surface area contributed by atoms with E-state index in [4.69, 9.17) is 0 Å². The van der Waals surface area contributed by atoms with Gasteiger partial charge in [-0.05, 0) is 43.7 Å². The van der Waals surface area contributed by atoms with Crippen molar-refractivity contribution in [3.63, 3.8) is 0 Å². The topological polar surface area (TPSA) is 15.3 Å². The molecule has 0 amide bonds. The summed E-state index contributed by atoms with van der Waals surface area (Å²) >= 11 is 0. The van der Waals surface area contributed by atoms with Gasteiger partial charge >= 0.3 is 0 Å². The van der Waals surface area contributed by atoms with Gasteiger partial charge in [-0.1, -0.05) is 12.8 Å². The van der Waals surface area contributed by atoms with Gasteiger partial charge in [0, 0.05) is 19.6 Å². The fourth-order valence-electron chi connectivity index (χ4n) is 3.66. The molecule has 2 heteroatoms. The van der Waals surface area contributed by atoms with Crippen LogP contribution in [0.15, 0.2) is 0 Å². The summed E-state index contributed by atoms with van der Waals surface area (Å²) in [6.45, 7) is 6.74. The van der Waals surface area contributed by atoms with Gasteiger partial charge in [0.25, 0.3) is 0 Å². The maximum absolute atomic E-state index is 3.51. The first kappa shape index (κ1) is 9.17. The molecule has 0 aromatic carbocycles. The Labute approximate surface area is 87.0 Å². The van der Waals surface area contributed by atoms with Crippen LogP contribution in [-0.4, -0.2) is 37.6 Å². The van der Waals surface area contributed by atoms with E-state index < -0.39 is 0 Å². The van der Waals surface area contributed by atoms with E-state index in [0.29, 0.717) is 0 Å². The molecule has 2 atom stereocenters. The molecule has 0 radical (unpaired) electrons. The van der Waals surface area contributed by atoms with E-state index in [-0.39, 0.29) is 0 Å². The van der Waals surface area contributed by atoms with Crippen molar-refractivity contribution in [2.75, 3.05) is 32.7 Å². The highest BCUT2D eigenvalue weighted by Crippen LogP contribution is 2.30. The summed E-state index contributed by atoms with van der Waals surface area (Å²) in [5, 5.41) is 3.51. The monoisotopic (exact) mass is 194 g/mol. The van der Waals surface area contributed by atoms with Crippen LogP contribution in [0.3, 0.4) is 0 Å². The molecule has 3 fully saturated rings. The summed E-state index contributed by atoms with van der Waals surface area (Å²) in [4.78, 5) is 2.74. The van der Waals surface area contributed by atoms with E-state index in [1.165, 1.54) is 58.4 Å². The van der Waals surface area contributed by atoms with Crippen LogP contribution in [0.5, 0.6) is 0 Å². The van der Waals surface area contributed by atoms with Crippen molar-refractivity contribution < 1.29 is 0 Å². The Hall–Kier alpha value is -0.0800. The van der Waals surface area contributed by atoms with E-state index in [2.05, 4.69) is 10.2 Å². The zero-order valence-corrected chi connectivity index (χ0v) is 9.04. The maximum Gasteiger partial charge on any atom is 0.00257 e. The largest absolute Gasteiger partial charge is 0.316 e. The highest BCUT2D eigenvalue weighted by molar-refractivity contribution is 4.91. The number of nitrogens with zero attached hydrogens (tertiary/aromatic N) is 1. The van der Waals surface area contributed by atoms with Gasteiger partial charge in [-0.3, -0.25) is 0 Å². The van der Waals surface area contributed by atoms with Crippen LogP contribution < -0.4 is 5.32 Å². The Morgan fingerprint density at radius 2 is 1.64 bits per heavy atom. The van der Waals surface area contributed by atoms with Crippen LogP contribution in [0.4, 0.5) is 0 Å². The van der Waals surface area contributed by atoms with Gasteiger partial charge in [0.1, 0.15) is 0 Å². The minimum atomic E-state index is 0.983. The molecule has 0 bridgehead atoms. The molecule has 14 heavy (non-hydrogen) atoms. The average Bonchev–Trinajstić information content (AvgIpc) is 2.78. The summed E-state index contributed by atoms with van der Waals surface area (Å²) in [6, 6.07) is 0. The van der Waals surface area contributed by atoms with Crippen molar-refractivity contribution >= 4 is 0 Å². The van der Waals surface area contributed by atoms with Crippen LogP contribution in [-0.2, 0) is 0 Å². The van der Waals surface area contributed by atoms with E-state index in [1.807, 2.05) is 0 Å². The third-order valence-electron chi connectivity index (χ3n) is 4.46. The first-order valence-electron chi connectivity index (χ1n) is 6.35. The third kappa shape index (κ3) is 1.70. The molecular weight excluding hydrogens is 172 g/mol. The number of nitrogens with one attached hydrogen (secondary N) is 1. The second-order valence-electron chi connectivity index (χ2n) is 5.55. The lowest BCUT2D eigenvalue weighted by Crippen LogP contribution is -2.29. The molecule has 1 saturated carbocycles. The fraction of sp³-hybridized carbons (Fsp3) is 1.00. The van der Waals surface area contributed by atoms with E-state index >= 15 is 0 Å². The highest BCUT2D eigenvalue weighted by Gasteiger charge is 2.36. The average molecular weight is 194 g/mol. The van der Waals surface area contributed by atoms with Gasteiger partial charge in [0.05, 0.1) is 0 Å². The lowest BCUT2D eigenvalue weighted by atomic mass is 10.0. The van der Waals surface area contributed by atoms with Crippen LogP contribution in [0.1, 0.15) is 25.7 Å². The lowest BCUT2D eigenvalue weighted by Gasteiger charge is -2.20. The Balaban J connectivity index is 1.50. The second-order valence-corrected chi connectivity index (χ2v) is 5.55. The molecule has 3 rings (SSSR count). The van der Waals surface area contributed by atoms with E-state index in [9.17, 15) is 0 Å². The van der Waals surface area contributed by atoms with Gasteiger partial charge in [-0.25, -0.2) is 0 Å². The number of fused-ring (bicyclic) bond motifs is 1. The molecule has 2 heterocycles. The van der Waals surface area contributed by atoms with Crippen LogP contribution in [0.2, 0.25) is 0 Å². The molecule has 1 N–H and O–H groups in total. The van der Waals surface area contributed by atoms with Gasteiger partial charge < -0.3 is 10.2 Å². The lowest BCUT2D eigenvalue weighted by molar-refractivity contribution is 0.262. The second kappa shape index (κ2) is 3.82. The van der Waals surface area contributed by atoms with Gasteiger partial charge in [-0.15, -0.1) is 0 Å². The third-order valence-corrected chi connectivity index (χ3v) is 4.46. The molecule has 2 nitrogen and oxygen atoms in total. The standard InChI is InChI=1S/C12H22N2/c1-2-4-10(3-1)7-14-8-11-5-13-6-12(11)9-14/h10-13H,1-9H2/t11-,12+. The minimum absolute atomic E-state index is 0.983. The Morgan fingerprint density at radius 1 is 1.00 bits per heavy atom. The molecule has 3 aliphatic rings. The Bertz CT molecular complexity index is 186. The van der Waals surface area contributed by atoms with Crippen molar-refractivity contribution in [1.29, 1.82) is 0 Å². The predicted molar refractivity (Wildman–Crippen MR) is 58.2 cm³/mol. The summed E-state index contributed by atoms with van der Waals surface area (Å²) in [6.07, 6.45) is 5.99. The fourth-order valence-corrected chi connectivity index (χ4v) is 3.66. The van der Waals surface area contributed by atoms with Crippen molar-refractivity contribution in [2.24, 2.45) is 17.8 Å². The van der Waals surface area contributed by atoms with E-state index in [0.717, 1.165) is 17.8 Å². The quantitative estimate of drug-likeness (QED) is 0.713. The molecule has 0 unspecified atom stereocenters. The first-order valence-corrected chi connectivity index (χ1v) is 6.35. The minimum Gasteiger partial charge on any atom is -0.316 e. The molecule has 80 valence electrons. The SMILES string of the molecule is C1CCC(CN2C[C@H]3CNC[C@H]3C2)C1. The summed E-state index contributed by atoms with van der Waals surface area (Å²) in [5.41, 5.74) is 0. The molecule has 2 saturated heterocycles. The predicted octanol–water partition coefficient (Wildman–Crippen LogP) is 1.33. The summed E-state index contributed by atoms with van der Waals surface area (Å²) in [7, 11) is 0.